The summed E-state index contributed by atoms with van der Waals surface area (Å²) in [4.78, 5) is 16.1. The molecule has 0 saturated heterocycles. The van der Waals surface area contributed by atoms with E-state index in [-0.39, 0.29) is 16.9 Å². The Hall–Kier alpha value is -2.50. The number of halogens is 2. The maximum Gasteiger partial charge on any atom is 0.387 e. The van der Waals surface area contributed by atoms with Crippen molar-refractivity contribution in [2.24, 2.45) is 0 Å². The van der Waals surface area contributed by atoms with Crippen molar-refractivity contribution in [3.8, 4) is 11.5 Å². The van der Waals surface area contributed by atoms with E-state index in [9.17, 15) is 13.6 Å². The van der Waals surface area contributed by atoms with Gasteiger partial charge in [-0.3, -0.25) is 9.78 Å². The summed E-state index contributed by atoms with van der Waals surface area (Å²) in [6.07, 6.45) is 2.87. The number of ketones is 1. The third-order valence-electron chi connectivity index (χ3n) is 2.57. The van der Waals surface area contributed by atoms with Gasteiger partial charge in [0.2, 0.25) is 0 Å². The van der Waals surface area contributed by atoms with Gasteiger partial charge in [0.15, 0.2) is 5.78 Å². The van der Waals surface area contributed by atoms with Crippen LogP contribution >= 0.6 is 0 Å². The molecule has 0 unspecified atom stereocenters. The molecule has 1 heterocycles. The lowest BCUT2D eigenvalue weighted by molar-refractivity contribution is -0.0501. The van der Waals surface area contributed by atoms with E-state index in [1.54, 1.807) is 12.1 Å². The van der Waals surface area contributed by atoms with E-state index < -0.39 is 12.4 Å². The number of methoxy groups -OCH3 is 1. The van der Waals surface area contributed by atoms with Gasteiger partial charge in [-0.05, 0) is 30.3 Å². The van der Waals surface area contributed by atoms with Crippen molar-refractivity contribution in [1.82, 2.24) is 4.98 Å². The minimum Gasteiger partial charge on any atom is -0.497 e. The Bertz CT molecular complexity index is 603. The van der Waals surface area contributed by atoms with Gasteiger partial charge in [-0.1, -0.05) is 0 Å². The van der Waals surface area contributed by atoms with Crippen LogP contribution in [0.25, 0.3) is 0 Å². The number of pyridine rings is 1. The second kappa shape index (κ2) is 6.10. The topological polar surface area (TPSA) is 48.4 Å². The van der Waals surface area contributed by atoms with Crippen LogP contribution in [0.15, 0.2) is 42.7 Å². The molecule has 0 aliphatic rings. The summed E-state index contributed by atoms with van der Waals surface area (Å²) in [5, 5.41) is 0. The molecule has 6 heteroatoms. The highest BCUT2D eigenvalue weighted by Crippen LogP contribution is 2.27. The maximum absolute atomic E-state index is 12.4. The molecule has 0 spiro atoms. The number of rotatable bonds is 5. The van der Waals surface area contributed by atoms with E-state index in [4.69, 9.17) is 4.74 Å². The average molecular weight is 279 g/mol. The van der Waals surface area contributed by atoms with Crippen LogP contribution in [-0.4, -0.2) is 24.5 Å². The molecule has 1 aromatic carbocycles. The standard InChI is InChI=1S/C14H11F2NO3/c1-19-10-4-5-12(20-14(15)16)11(7-10)13(18)9-3-2-6-17-8-9/h2-8,14H,1H3. The van der Waals surface area contributed by atoms with E-state index >= 15 is 0 Å². The third-order valence-corrected chi connectivity index (χ3v) is 2.57. The van der Waals surface area contributed by atoms with E-state index in [2.05, 4.69) is 9.72 Å². The Labute approximate surface area is 114 Å². The van der Waals surface area contributed by atoms with Crippen LogP contribution in [-0.2, 0) is 0 Å². The quantitative estimate of drug-likeness (QED) is 0.790. The first-order valence-electron chi connectivity index (χ1n) is 5.69. The van der Waals surface area contributed by atoms with Gasteiger partial charge in [-0.25, -0.2) is 0 Å². The first kappa shape index (κ1) is 13.9. The molecular formula is C14H11F2NO3. The average Bonchev–Trinajstić information content (AvgIpc) is 2.47. The normalized spacial score (nSPS) is 10.4. The molecule has 0 aliphatic carbocycles. The van der Waals surface area contributed by atoms with E-state index in [1.807, 2.05) is 0 Å². The fourth-order valence-corrected chi connectivity index (χ4v) is 1.66. The minimum absolute atomic E-state index is 0.00218. The second-order valence-electron chi connectivity index (χ2n) is 3.81. The molecule has 1 aromatic heterocycles. The van der Waals surface area contributed by atoms with Gasteiger partial charge in [-0.2, -0.15) is 8.78 Å². The first-order chi connectivity index (χ1) is 9.61. The zero-order chi connectivity index (χ0) is 14.5. The summed E-state index contributed by atoms with van der Waals surface area (Å²) < 4.78 is 34.1. The predicted octanol–water partition coefficient (Wildman–Crippen LogP) is 2.92. The van der Waals surface area contributed by atoms with Gasteiger partial charge in [0.1, 0.15) is 11.5 Å². The first-order valence-corrected chi connectivity index (χ1v) is 5.69. The molecule has 4 nitrogen and oxygen atoms in total. The van der Waals surface area contributed by atoms with Gasteiger partial charge in [0.05, 0.1) is 12.7 Å². The number of ether oxygens (including phenoxy) is 2. The largest absolute Gasteiger partial charge is 0.497 e. The highest BCUT2D eigenvalue weighted by molar-refractivity contribution is 6.10. The molecule has 2 aromatic rings. The number of hydrogen-bond donors (Lipinski definition) is 0. The van der Waals surface area contributed by atoms with Crippen molar-refractivity contribution in [2.75, 3.05) is 7.11 Å². The van der Waals surface area contributed by atoms with Crippen LogP contribution in [0.1, 0.15) is 15.9 Å². The van der Waals surface area contributed by atoms with Crippen LogP contribution in [0.2, 0.25) is 0 Å². The lowest BCUT2D eigenvalue weighted by Gasteiger charge is -2.11. The fourth-order valence-electron chi connectivity index (χ4n) is 1.66. The monoisotopic (exact) mass is 279 g/mol. The Morgan fingerprint density at radius 2 is 2.10 bits per heavy atom. The van der Waals surface area contributed by atoms with E-state index in [1.165, 1.54) is 37.7 Å². The van der Waals surface area contributed by atoms with Gasteiger partial charge in [0, 0.05) is 18.0 Å². The molecule has 0 N–H and O–H groups in total. The van der Waals surface area contributed by atoms with E-state index in [0.717, 1.165) is 0 Å². The summed E-state index contributed by atoms with van der Waals surface area (Å²) >= 11 is 0. The second-order valence-corrected chi connectivity index (χ2v) is 3.81. The van der Waals surface area contributed by atoms with E-state index in [0.29, 0.717) is 5.75 Å². The van der Waals surface area contributed by atoms with Crippen LogP contribution < -0.4 is 9.47 Å². The van der Waals surface area contributed by atoms with Gasteiger partial charge < -0.3 is 9.47 Å². The molecule has 2 rings (SSSR count). The Morgan fingerprint density at radius 3 is 2.70 bits per heavy atom. The van der Waals surface area contributed by atoms with Gasteiger partial charge in [-0.15, -0.1) is 0 Å². The molecule has 0 bridgehead atoms. The summed E-state index contributed by atoms with van der Waals surface area (Å²) in [7, 11) is 1.42. The number of alkyl halides is 2. The minimum atomic E-state index is -3.01. The number of carbonyl (C=O) groups excluding carboxylic acids is 1. The van der Waals surface area contributed by atoms with Gasteiger partial charge >= 0.3 is 6.61 Å². The maximum atomic E-state index is 12.4. The van der Waals surface area contributed by atoms with Crippen molar-refractivity contribution < 1.29 is 23.0 Å². The van der Waals surface area contributed by atoms with Crippen molar-refractivity contribution >= 4 is 5.78 Å². The molecule has 0 atom stereocenters. The number of carbonyl (C=O) groups is 1. The molecule has 20 heavy (non-hydrogen) atoms. The SMILES string of the molecule is COc1ccc(OC(F)F)c(C(=O)c2cccnc2)c1. The Morgan fingerprint density at radius 1 is 1.30 bits per heavy atom. The number of aromatic nitrogens is 1. The molecule has 0 amide bonds. The van der Waals surface area contributed by atoms with Crippen LogP contribution in [0.4, 0.5) is 8.78 Å². The van der Waals surface area contributed by atoms with Crippen LogP contribution in [0.3, 0.4) is 0 Å². The summed E-state index contributed by atoms with van der Waals surface area (Å²) in [5.74, 6) is -0.291. The highest BCUT2D eigenvalue weighted by Gasteiger charge is 2.18. The molecule has 0 radical (unpaired) electrons. The summed E-state index contributed by atoms with van der Waals surface area (Å²) in [6, 6.07) is 7.20. The predicted molar refractivity (Wildman–Crippen MR) is 67.3 cm³/mol. The summed E-state index contributed by atoms with van der Waals surface area (Å²) in [6.45, 7) is -3.01. The van der Waals surface area contributed by atoms with Crippen molar-refractivity contribution in [2.45, 2.75) is 6.61 Å². The van der Waals surface area contributed by atoms with Crippen molar-refractivity contribution in [3.63, 3.8) is 0 Å². The zero-order valence-electron chi connectivity index (χ0n) is 10.5. The summed E-state index contributed by atoms with van der Waals surface area (Å²) in [5.41, 5.74) is 0.275. The Balaban J connectivity index is 2.44. The smallest absolute Gasteiger partial charge is 0.387 e. The third kappa shape index (κ3) is 3.09. The molecule has 0 aliphatic heterocycles. The molecule has 0 fully saturated rings. The molecular weight excluding hydrogens is 268 g/mol. The lowest BCUT2D eigenvalue weighted by atomic mass is 10.0. The number of benzene rings is 1. The zero-order valence-corrected chi connectivity index (χ0v) is 10.5. The molecule has 104 valence electrons. The fraction of sp³-hybridized carbons (Fsp3) is 0.143. The van der Waals surface area contributed by atoms with Crippen LogP contribution in [0.5, 0.6) is 11.5 Å². The van der Waals surface area contributed by atoms with Crippen LogP contribution in [0, 0.1) is 0 Å². The lowest BCUT2D eigenvalue weighted by Crippen LogP contribution is -2.09. The van der Waals surface area contributed by atoms with Crippen molar-refractivity contribution in [3.05, 3.63) is 53.9 Å². The highest BCUT2D eigenvalue weighted by atomic mass is 19.3. The molecule has 0 saturated carbocycles. The van der Waals surface area contributed by atoms with Gasteiger partial charge in [0.25, 0.3) is 0 Å². The Kier molecular flexibility index (Phi) is 4.24. The van der Waals surface area contributed by atoms with Crippen molar-refractivity contribution in [1.29, 1.82) is 0 Å². The number of nitrogens with zero attached hydrogens (tertiary/aromatic N) is 1. The number of hydrogen-bond acceptors (Lipinski definition) is 4.